The topological polar surface area (TPSA) is 50.7 Å². The van der Waals surface area contributed by atoms with Crippen LogP contribution in [0.15, 0.2) is 70.6 Å². The van der Waals surface area contributed by atoms with E-state index < -0.39 is 0 Å². The van der Waals surface area contributed by atoms with E-state index in [9.17, 15) is 0 Å². The van der Waals surface area contributed by atoms with Gasteiger partial charge in [-0.2, -0.15) is 0 Å². The van der Waals surface area contributed by atoms with Gasteiger partial charge in [-0.25, -0.2) is 0 Å². The van der Waals surface area contributed by atoms with Crippen LogP contribution in [-0.4, -0.2) is 11.4 Å². The average Bonchev–Trinajstić information content (AvgIpc) is 3.25. The molecule has 2 heterocycles. The zero-order chi connectivity index (χ0) is 17.7. The molecule has 2 aliphatic heterocycles. The van der Waals surface area contributed by atoms with E-state index in [0.29, 0.717) is 0 Å². The van der Waals surface area contributed by atoms with Crippen LogP contribution in [-0.2, 0) is 12.8 Å². The van der Waals surface area contributed by atoms with Gasteiger partial charge in [0.1, 0.15) is 0 Å². The number of rotatable bonds is 2. The van der Waals surface area contributed by atoms with Crippen molar-refractivity contribution in [3.05, 3.63) is 88.5 Å². The Morgan fingerprint density at radius 2 is 1.35 bits per heavy atom. The minimum atomic E-state index is 0.760. The Morgan fingerprint density at radius 1 is 0.731 bits per heavy atom. The van der Waals surface area contributed by atoms with Crippen molar-refractivity contribution in [3.8, 4) is 0 Å². The van der Waals surface area contributed by atoms with Crippen LogP contribution in [0.2, 0.25) is 0 Å². The highest BCUT2D eigenvalue weighted by Gasteiger charge is 2.19. The first-order valence-corrected chi connectivity index (χ1v) is 8.89. The monoisotopic (exact) mass is 337 g/mol. The zero-order valence-electron chi connectivity index (χ0n) is 14.7. The second-order valence-corrected chi connectivity index (χ2v) is 7.07. The molecule has 0 aliphatic carbocycles. The molecule has 0 radical (unpaired) electrons. The maximum Gasteiger partial charge on any atom is 0.0689 e. The number of nitrogen functional groups attached to an aromatic ring is 1. The van der Waals surface area contributed by atoms with Crippen molar-refractivity contribution >= 4 is 28.5 Å². The fraction of sp³-hybridized carbons (Fsp3) is 0.130. The summed E-state index contributed by atoms with van der Waals surface area (Å²) in [5.41, 5.74) is 17.1. The maximum atomic E-state index is 5.89. The molecule has 0 amide bonds. The molecule has 2 aliphatic rings. The Kier molecular flexibility index (Phi) is 3.29. The van der Waals surface area contributed by atoms with Gasteiger partial charge in [0.05, 0.1) is 22.8 Å². The van der Waals surface area contributed by atoms with Crippen molar-refractivity contribution in [2.45, 2.75) is 19.8 Å². The lowest BCUT2D eigenvalue weighted by atomic mass is 9.98. The van der Waals surface area contributed by atoms with Crippen LogP contribution in [0.3, 0.4) is 0 Å². The van der Waals surface area contributed by atoms with Crippen molar-refractivity contribution in [3.63, 3.8) is 0 Å². The number of aryl methyl sites for hydroxylation is 1. The van der Waals surface area contributed by atoms with E-state index in [2.05, 4.69) is 55.5 Å². The number of aliphatic imine (C=N–C) groups is 2. The van der Waals surface area contributed by atoms with Gasteiger partial charge in [0.25, 0.3) is 0 Å². The maximum absolute atomic E-state index is 5.89. The SMILES string of the molecule is Cc1ccc2c(c1)N=C(c1cccc(C3=Nc4cc(N)ccc4C3)c1)C2. The molecule has 0 bridgehead atoms. The predicted molar refractivity (Wildman–Crippen MR) is 108 cm³/mol. The first kappa shape index (κ1) is 15.1. The lowest BCUT2D eigenvalue weighted by Crippen LogP contribution is -2.05. The van der Waals surface area contributed by atoms with Crippen molar-refractivity contribution in [2.24, 2.45) is 9.98 Å². The highest BCUT2D eigenvalue weighted by molar-refractivity contribution is 6.11. The highest BCUT2D eigenvalue weighted by Crippen LogP contribution is 2.32. The average molecular weight is 337 g/mol. The summed E-state index contributed by atoms with van der Waals surface area (Å²) in [6, 6.07) is 21.1. The quantitative estimate of drug-likeness (QED) is 0.662. The summed E-state index contributed by atoms with van der Waals surface area (Å²) >= 11 is 0. The molecule has 3 aromatic rings. The normalized spacial score (nSPS) is 14.7. The molecular weight excluding hydrogens is 318 g/mol. The van der Waals surface area contributed by atoms with Gasteiger partial charge in [-0.05, 0) is 59.0 Å². The van der Waals surface area contributed by atoms with Crippen LogP contribution in [0, 0.1) is 6.92 Å². The summed E-state index contributed by atoms with van der Waals surface area (Å²) < 4.78 is 0. The first-order valence-electron chi connectivity index (χ1n) is 8.89. The molecule has 3 nitrogen and oxygen atoms in total. The fourth-order valence-electron chi connectivity index (χ4n) is 3.70. The van der Waals surface area contributed by atoms with Crippen molar-refractivity contribution < 1.29 is 0 Å². The van der Waals surface area contributed by atoms with Crippen LogP contribution in [0.4, 0.5) is 17.1 Å². The number of nitrogens with two attached hydrogens (primary N) is 1. The molecule has 0 spiro atoms. The molecule has 0 atom stereocenters. The van der Waals surface area contributed by atoms with Gasteiger partial charge < -0.3 is 5.73 Å². The van der Waals surface area contributed by atoms with Crippen molar-refractivity contribution in [1.82, 2.24) is 0 Å². The largest absolute Gasteiger partial charge is 0.399 e. The zero-order valence-corrected chi connectivity index (χ0v) is 14.7. The summed E-state index contributed by atoms with van der Waals surface area (Å²) in [7, 11) is 0. The van der Waals surface area contributed by atoms with Crippen molar-refractivity contribution in [1.29, 1.82) is 0 Å². The molecule has 0 fully saturated rings. The number of hydrogen-bond donors (Lipinski definition) is 1. The predicted octanol–water partition coefficient (Wildman–Crippen LogP) is 4.93. The van der Waals surface area contributed by atoms with E-state index >= 15 is 0 Å². The molecule has 5 rings (SSSR count). The fourth-order valence-corrected chi connectivity index (χ4v) is 3.70. The molecule has 0 unspecified atom stereocenters. The molecule has 126 valence electrons. The molecule has 2 N–H and O–H groups in total. The van der Waals surface area contributed by atoms with E-state index in [1.54, 1.807) is 0 Å². The number of fused-ring (bicyclic) bond motifs is 2. The van der Waals surface area contributed by atoms with Gasteiger partial charge in [0.15, 0.2) is 0 Å². The van der Waals surface area contributed by atoms with E-state index in [-0.39, 0.29) is 0 Å². The van der Waals surface area contributed by atoms with Crippen LogP contribution < -0.4 is 5.73 Å². The molecule has 3 heteroatoms. The standard InChI is InChI=1S/C23H19N3/c1-14-5-6-17-11-21(25-20(17)9-14)15-3-2-4-16(10-15)22-12-18-7-8-19(24)13-23(18)26-22/h2-10,13H,11-12,24H2,1H3. The third-order valence-electron chi connectivity index (χ3n) is 5.11. The van der Waals surface area contributed by atoms with E-state index in [0.717, 1.165) is 46.9 Å². The van der Waals surface area contributed by atoms with E-state index in [1.165, 1.54) is 22.3 Å². The minimum absolute atomic E-state index is 0.760. The lowest BCUT2D eigenvalue weighted by Gasteiger charge is -2.05. The van der Waals surface area contributed by atoms with Gasteiger partial charge in [0, 0.05) is 18.5 Å². The number of hydrogen-bond acceptors (Lipinski definition) is 3. The molecule has 26 heavy (non-hydrogen) atoms. The number of nitrogens with zero attached hydrogens (tertiary/aromatic N) is 2. The van der Waals surface area contributed by atoms with Crippen LogP contribution in [0.1, 0.15) is 27.8 Å². The molecule has 0 aromatic heterocycles. The summed E-state index contributed by atoms with van der Waals surface area (Å²) in [5.74, 6) is 0. The Morgan fingerprint density at radius 3 is 2.04 bits per heavy atom. The van der Waals surface area contributed by atoms with Crippen molar-refractivity contribution in [2.75, 3.05) is 5.73 Å². The summed E-state index contributed by atoms with van der Waals surface area (Å²) in [4.78, 5) is 9.66. The van der Waals surface area contributed by atoms with Gasteiger partial charge in [-0.3, -0.25) is 9.98 Å². The Hall–Kier alpha value is -3.20. The second-order valence-electron chi connectivity index (χ2n) is 7.07. The van der Waals surface area contributed by atoms with E-state index in [1.807, 2.05) is 12.1 Å². The second kappa shape index (κ2) is 5.67. The first-order chi connectivity index (χ1) is 12.7. The van der Waals surface area contributed by atoms with E-state index in [4.69, 9.17) is 15.7 Å². The molecule has 0 saturated carbocycles. The van der Waals surface area contributed by atoms with Gasteiger partial charge in [0.2, 0.25) is 0 Å². The lowest BCUT2D eigenvalue weighted by molar-refractivity contribution is 1.35. The van der Waals surface area contributed by atoms with Gasteiger partial charge in [-0.15, -0.1) is 0 Å². The third-order valence-corrected chi connectivity index (χ3v) is 5.11. The Bertz CT molecular complexity index is 1020. The summed E-state index contributed by atoms with van der Waals surface area (Å²) in [6.07, 6.45) is 1.74. The molecule has 0 saturated heterocycles. The smallest absolute Gasteiger partial charge is 0.0689 e. The summed E-state index contributed by atoms with van der Waals surface area (Å²) in [6.45, 7) is 2.11. The van der Waals surface area contributed by atoms with Gasteiger partial charge in [-0.1, -0.05) is 36.4 Å². The molecular formula is C23H19N3. The highest BCUT2D eigenvalue weighted by atomic mass is 14.8. The number of benzene rings is 3. The minimum Gasteiger partial charge on any atom is -0.399 e. The molecule has 3 aromatic carbocycles. The van der Waals surface area contributed by atoms with Crippen LogP contribution >= 0.6 is 0 Å². The third kappa shape index (κ3) is 2.53. The van der Waals surface area contributed by atoms with Gasteiger partial charge >= 0.3 is 0 Å². The van der Waals surface area contributed by atoms with Crippen LogP contribution in [0.25, 0.3) is 0 Å². The Balaban J connectivity index is 1.48. The Labute approximate surface area is 152 Å². The van der Waals surface area contributed by atoms with Crippen LogP contribution in [0.5, 0.6) is 0 Å². The number of anilines is 1. The summed E-state index contributed by atoms with van der Waals surface area (Å²) in [5, 5.41) is 0.